The molecule has 0 radical (unpaired) electrons. The van der Waals surface area contributed by atoms with Crippen LogP contribution in [-0.4, -0.2) is 47.9 Å². The van der Waals surface area contributed by atoms with Crippen molar-refractivity contribution in [3.63, 3.8) is 0 Å². The summed E-state index contributed by atoms with van der Waals surface area (Å²) in [6.07, 6.45) is 6.32. The van der Waals surface area contributed by atoms with Crippen molar-refractivity contribution < 1.29 is 4.79 Å². The standard InChI is InChI=1S/C14H26N2O/c1-11-6-4-5-9-16(11)14(17)10-15(3)12(2)13-7-8-13/h11-13H,4-10H2,1-3H3/t11-,12-/m0/s1. The van der Waals surface area contributed by atoms with E-state index in [1.54, 1.807) is 0 Å². The van der Waals surface area contributed by atoms with Crippen LogP contribution in [0.3, 0.4) is 0 Å². The number of carbonyl (C=O) groups is 1. The Hall–Kier alpha value is -0.570. The maximum absolute atomic E-state index is 12.3. The number of likely N-dealkylation sites (N-methyl/N-ethyl adjacent to an activating group) is 1. The normalized spacial score (nSPS) is 27.3. The fourth-order valence-electron chi connectivity index (χ4n) is 2.86. The summed E-state index contributed by atoms with van der Waals surface area (Å²) in [5.41, 5.74) is 0. The van der Waals surface area contributed by atoms with Gasteiger partial charge in [0.2, 0.25) is 5.91 Å². The number of likely N-dealkylation sites (tertiary alicyclic amines) is 1. The van der Waals surface area contributed by atoms with Crippen LogP contribution in [0.1, 0.15) is 46.0 Å². The molecule has 3 nitrogen and oxygen atoms in total. The second-order valence-electron chi connectivity index (χ2n) is 5.93. The minimum Gasteiger partial charge on any atom is -0.339 e. The van der Waals surface area contributed by atoms with Gasteiger partial charge in [-0.15, -0.1) is 0 Å². The molecule has 98 valence electrons. The lowest BCUT2D eigenvalue weighted by atomic mass is 10.0. The molecule has 0 bridgehead atoms. The van der Waals surface area contributed by atoms with Crippen molar-refractivity contribution in [2.24, 2.45) is 5.92 Å². The highest BCUT2D eigenvalue weighted by atomic mass is 16.2. The molecule has 0 spiro atoms. The van der Waals surface area contributed by atoms with Gasteiger partial charge in [0.25, 0.3) is 0 Å². The molecule has 1 saturated carbocycles. The molecule has 0 aromatic carbocycles. The minimum atomic E-state index is 0.326. The van der Waals surface area contributed by atoms with Gasteiger partial charge in [0.05, 0.1) is 6.54 Å². The minimum absolute atomic E-state index is 0.326. The molecular weight excluding hydrogens is 212 g/mol. The molecule has 0 aromatic heterocycles. The molecule has 2 atom stereocenters. The topological polar surface area (TPSA) is 23.6 Å². The molecule has 0 N–H and O–H groups in total. The van der Waals surface area contributed by atoms with Crippen molar-refractivity contribution in [1.82, 2.24) is 9.80 Å². The van der Waals surface area contributed by atoms with E-state index in [-0.39, 0.29) is 0 Å². The number of carbonyl (C=O) groups excluding carboxylic acids is 1. The van der Waals surface area contributed by atoms with E-state index in [1.165, 1.54) is 32.1 Å². The predicted octanol–water partition coefficient (Wildman–Crippen LogP) is 2.12. The Bertz CT molecular complexity index is 275. The van der Waals surface area contributed by atoms with E-state index in [1.807, 2.05) is 0 Å². The van der Waals surface area contributed by atoms with E-state index in [0.29, 0.717) is 24.5 Å². The lowest BCUT2D eigenvalue weighted by Crippen LogP contribution is -2.47. The van der Waals surface area contributed by atoms with Crippen LogP contribution in [0.5, 0.6) is 0 Å². The summed E-state index contributed by atoms with van der Waals surface area (Å²) in [6, 6.07) is 1.01. The maximum Gasteiger partial charge on any atom is 0.236 e. The van der Waals surface area contributed by atoms with Crippen molar-refractivity contribution in [2.75, 3.05) is 20.1 Å². The molecule has 1 saturated heterocycles. The Morgan fingerprint density at radius 3 is 2.65 bits per heavy atom. The van der Waals surface area contributed by atoms with Gasteiger partial charge >= 0.3 is 0 Å². The van der Waals surface area contributed by atoms with Gasteiger partial charge in [0, 0.05) is 18.6 Å². The van der Waals surface area contributed by atoms with Crippen molar-refractivity contribution in [3.05, 3.63) is 0 Å². The first-order valence-corrected chi connectivity index (χ1v) is 7.09. The zero-order chi connectivity index (χ0) is 12.4. The smallest absolute Gasteiger partial charge is 0.236 e. The zero-order valence-corrected chi connectivity index (χ0v) is 11.5. The van der Waals surface area contributed by atoms with Crippen LogP contribution in [-0.2, 0) is 4.79 Å². The van der Waals surface area contributed by atoms with Crippen LogP contribution < -0.4 is 0 Å². The molecule has 2 rings (SSSR count). The molecule has 0 unspecified atom stereocenters. The Kier molecular flexibility index (Phi) is 4.08. The summed E-state index contributed by atoms with van der Waals surface area (Å²) in [5, 5.41) is 0. The molecule has 1 aliphatic heterocycles. The zero-order valence-electron chi connectivity index (χ0n) is 11.5. The fourth-order valence-corrected chi connectivity index (χ4v) is 2.86. The van der Waals surface area contributed by atoms with E-state index in [4.69, 9.17) is 0 Å². The summed E-state index contributed by atoms with van der Waals surface area (Å²) in [5.74, 6) is 1.17. The number of hydrogen-bond acceptors (Lipinski definition) is 2. The van der Waals surface area contributed by atoms with Crippen molar-refractivity contribution in [2.45, 2.75) is 58.0 Å². The molecule has 17 heavy (non-hydrogen) atoms. The number of rotatable bonds is 4. The third kappa shape index (κ3) is 3.21. The third-order valence-electron chi connectivity index (χ3n) is 4.51. The maximum atomic E-state index is 12.3. The number of piperidine rings is 1. The average Bonchev–Trinajstić information content (AvgIpc) is 3.12. The predicted molar refractivity (Wildman–Crippen MR) is 69.8 cm³/mol. The number of hydrogen-bond donors (Lipinski definition) is 0. The molecule has 2 fully saturated rings. The second-order valence-corrected chi connectivity index (χ2v) is 5.93. The highest BCUT2D eigenvalue weighted by molar-refractivity contribution is 5.78. The van der Waals surface area contributed by atoms with Gasteiger partial charge in [-0.05, 0) is 58.9 Å². The SMILES string of the molecule is C[C@@H](C1CC1)N(C)CC(=O)N1CCCC[C@@H]1C. The third-order valence-corrected chi connectivity index (χ3v) is 4.51. The van der Waals surface area contributed by atoms with Crippen LogP contribution in [0.4, 0.5) is 0 Å². The van der Waals surface area contributed by atoms with E-state index in [0.717, 1.165) is 12.5 Å². The molecule has 1 heterocycles. The van der Waals surface area contributed by atoms with E-state index >= 15 is 0 Å². The molecule has 2 aliphatic rings. The molecule has 1 aliphatic carbocycles. The monoisotopic (exact) mass is 238 g/mol. The van der Waals surface area contributed by atoms with Crippen LogP contribution in [0.15, 0.2) is 0 Å². The van der Waals surface area contributed by atoms with Gasteiger partial charge in [-0.2, -0.15) is 0 Å². The summed E-state index contributed by atoms with van der Waals surface area (Å²) >= 11 is 0. The Labute approximate surface area is 105 Å². The van der Waals surface area contributed by atoms with Gasteiger partial charge < -0.3 is 4.90 Å². The van der Waals surface area contributed by atoms with Gasteiger partial charge in [-0.25, -0.2) is 0 Å². The first kappa shape index (κ1) is 12.9. The van der Waals surface area contributed by atoms with E-state index < -0.39 is 0 Å². The highest BCUT2D eigenvalue weighted by Gasteiger charge is 2.32. The van der Waals surface area contributed by atoms with Crippen molar-refractivity contribution in [3.8, 4) is 0 Å². The van der Waals surface area contributed by atoms with Gasteiger partial charge in [0.1, 0.15) is 0 Å². The highest BCUT2D eigenvalue weighted by Crippen LogP contribution is 2.34. The largest absolute Gasteiger partial charge is 0.339 e. The second kappa shape index (κ2) is 5.38. The van der Waals surface area contributed by atoms with Crippen molar-refractivity contribution >= 4 is 5.91 Å². The quantitative estimate of drug-likeness (QED) is 0.749. The Morgan fingerprint density at radius 1 is 1.35 bits per heavy atom. The lowest BCUT2D eigenvalue weighted by Gasteiger charge is -2.35. The number of nitrogens with zero attached hydrogens (tertiary/aromatic N) is 2. The Morgan fingerprint density at radius 2 is 2.06 bits per heavy atom. The Balaban J connectivity index is 1.82. The molecular formula is C14H26N2O. The van der Waals surface area contributed by atoms with Crippen LogP contribution >= 0.6 is 0 Å². The molecule has 1 amide bonds. The van der Waals surface area contributed by atoms with E-state index in [2.05, 4.69) is 30.7 Å². The van der Waals surface area contributed by atoms with Gasteiger partial charge in [-0.3, -0.25) is 9.69 Å². The number of amides is 1. The first-order valence-electron chi connectivity index (χ1n) is 7.09. The van der Waals surface area contributed by atoms with E-state index in [9.17, 15) is 4.79 Å². The average molecular weight is 238 g/mol. The van der Waals surface area contributed by atoms with Gasteiger partial charge in [-0.1, -0.05) is 0 Å². The molecule has 0 aromatic rings. The lowest BCUT2D eigenvalue weighted by molar-refractivity contribution is -0.135. The van der Waals surface area contributed by atoms with Crippen LogP contribution in [0.25, 0.3) is 0 Å². The van der Waals surface area contributed by atoms with Gasteiger partial charge in [0.15, 0.2) is 0 Å². The fraction of sp³-hybridized carbons (Fsp3) is 0.929. The molecule has 3 heteroatoms. The van der Waals surface area contributed by atoms with Crippen molar-refractivity contribution in [1.29, 1.82) is 0 Å². The summed E-state index contributed by atoms with van der Waals surface area (Å²) in [7, 11) is 2.09. The first-order chi connectivity index (χ1) is 8.09. The van der Waals surface area contributed by atoms with Crippen LogP contribution in [0.2, 0.25) is 0 Å². The summed E-state index contributed by atoms with van der Waals surface area (Å²) in [4.78, 5) is 16.6. The summed E-state index contributed by atoms with van der Waals surface area (Å²) < 4.78 is 0. The van der Waals surface area contributed by atoms with Crippen LogP contribution in [0, 0.1) is 5.92 Å². The summed E-state index contributed by atoms with van der Waals surface area (Å²) in [6.45, 7) is 6.00.